The largest absolute Gasteiger partial charge is 0.495 e. The van der Waals surface area contributed by atoms with Crippen LogP contribution in [0.25, 0.3) is 0 Å². The van der Waals surface area contributed by atoms with E-state index >= 15 is 0 Å². The van der Waals surface area contributed by atoms with Crippen molar-refractivity contribution in [2.45, 2.75) is 64.6 Å². The molecule has 9 nitrogen and oxygen atoms in total. The molecular formula is C27H40N4O5. The Bertz CT molecular complexity index is 936. The summed E-state index contributed by atoms with van der Waals surface area (Å²) >= 11 is 0. The van der Waals surface area contributed by atoms with E-state index in [4.69, 9.17) is 9.47 Å². The van der Waals surface area contributed by atoms with E-state index in [1.54, 1.807) is 18.2 Å². The summed E-state index contributed by atoms with van der Waals surface area (Å²) in [6.45, 7) is 9.29. The number of nitrogens with one attached hydrogen (secondary N) is 1. The highest BCUT2D eigenvalue weighted by molar-refractivity contribution is 6.07. The number of ether oxygens (including phenoxy) is 2. The van der Waals surface area contributed by atoms with Crippen LogP contribution in [-0.2, 0) is 9.53 Å². The number of piperidine rings is 2. The first-order valence-corrected chi connectivity index (χ1v) is 13.3. The van der Waals surface area contributed by atoms with E-state index in [-0.39, 0.29) is 24.8 Å². The summed E-state index contributed by atoms with van der Waals surface area (Å²) in [4.78, 5) is 43.1. The van der Waals surface area contributed by atoms with Crippen LogP contribution in [0.15, 0.2) is 18.2 Å². The number of benzene rings is 1. The van der Waals surface area contributed by atoms with Crippen molar-refractivity contribution >= 4 is 23.5 Å². The van der Waals surface area contributed by atoms with Gasteiger partial charge in [0.1, 0.15) is 5.75 Å². The van der Waals surface area contributed by atoms with E-state index in [1.165, 1.54) is 18.4 Å². The smallest absolute Gasteiger partial charge is 0.328 e. The second-order valence-corrected chi connectivity index (χ2v) is 10.4. The Morgan fingerprint density at radius 3 is 2.42 bits per heavy atom. The molecule has 3 saturated heterocycles. The Morgan fingerprint density at radius 1 is 1.06 bits per heavy atom. The van der Waals surface area contributed by atoms with Crippen molar-refractivity contribution < 1.29 is 23.9 Å². The number of nitrogens with zero attached hydrogens (tertiary/aromatic N) is 3. The third-order valence-corrected chi connectivity index (χ3v) is 7.53. The molecular weight excluding hydrogens is 460 g/mol. The van der Waals surface area contributed by atoms with Gasteiger partial charge in [-0.25, -0.2) is 4.79 Å². The number of amides is 4. The number of carbonyl (C=O) groups excluding carboxylic acids is 3. The topological polar surface area (TPSA) is 91.4 Å². The summed E-state index contributed by atoms with van der Waals surface area (Å²) in [7, 11) is 1.53. The summed E-state index contributed by atoms with van der Waals surface area (Å²) in [5.41, 5.74) is 1.03. The highest BCUT2D eigenvalue weighted by atomic mass is 16.5. The summed E-state index contributed by atoms with van der Waals surface area (Å²) in [6.07, 6.45) is 6.35. The van der Waals surface area contributed by atoms with Gasteiger partial charge < -0.3 is 19.3 Å². The van der Waals surface area contributed by atoms with Gasteiger partial charge in [-0.15, -0.1) is 0 Å². The molecule has 9 heteroatoms. The Balaban J connectivity index is 1.27. The predicted octanol–water partition coefficient (Wildman–Crippen LogP) is 3.27. The first-order valence-electron chi connectivity index (χ1n) is 13.3. The molecule has 1 aromatic rings. The van der Waals surface area contributed by atoms with Crippen LogP contribution in [0.5, 0.6) is 5.75 Å². The first kappa shape index (κ1) is 26.4. The van der Waals surface area contributed by atoms with Gasteiger partial charge in [-0.2, -0.15) is 0 Å². The molecule has 1 aromatic carbocycles. The van der Waals surface area contributed by atoms with E-state index in [1.807, 2.05) is 4.90 Å². The predicted molar refractivity (Wildman–Crippen MR) is 137 cm³/mol. The zero-order chi connectivity index (χ0) is 25.7. The van der Waals surface area contributed by atoms with Gasteiger partial charge in [0.05, 0.1) is 25.0 Å². The third-order valence-electron chi connectivity index (χ3n) is 7.53. The second-order valence-electron chi connectivity index (χ2n) is 10.4. The maximum absolute atomic E-state index is 13.3. The zero-order valence-electron chi connectivity index (χ0n) is 21.8. The van der Waals surface area contributed by atoms with Crippen LogP contribution in [0, 0.1) is 5.92 Å². The average Bonchev–Trinajstić information content (AvgIpc) is 2.87. The highest BCUT2D eigenvalue weighted by Crippen LogP contribution is 2.32. The Morgan fingerprint density at radius 2 is 1.78 bits per heavy atom. The van der Waals surface area contributed by atoms with E-state index < -0.39 is 6.03 Å². The van der Waals surface area contributed by atoms with Gasteiger partial charge in [-0.1, -0.05) is 0 Å². The Hall–Kier alpha value is -2.65. The van der Waals surface area contributed by atoms with Crippen molar-refractivity contribution in [2.75, 3.05) is 51.3 Å². The van der Waals surface area contributed by atoms with E-state index in [9.17, 15) is 14.4 Å². The van der Waals surface area contributed by atoms with Crippen molar-refractivity contribution in [1.29, 1.82) is 0 Å². The third kappa shape index (κ3) is 6.56. The quantitative estimate of drug-likeness (QED) is 0.589. The van der Waals surface area contributed by atoms with Crippen molar-refractivity contribution in [2.24, 2.45) is 5.92 Å². The number of urea groups is 1. The van der Waals surface area contributed by atoms with Crippen molar-refractivity contribution in [3.63, 3.8) is 0 Å². The molecule has 3 aliphatic heterocycles. The Labute approximate surface area is 214 Å². The summed E-state index contributed by atoms with van der Waals surface area (Å²) in [5, 5.41) is 2.33. The molecule has 4 amide bonds. The minimum Gasteiger partial charge on any atom is -0.495 e. The number of imide groups is 1. The molecule has 0 unspecified atom stereocenters. The molecule has 0 aliphatic carbocycles. The molecule has 36 heavy (non-hydrogen) atoms. The molecule has 0 radical (unpaired) electrons. The molecule has 3 heterocycles. The molecule has 3 fully saturated rings. The van der Waals surface area contributed by atoms with E-state index in [2.05, 4.69) is 24.1 Å². The van der Waals surface area contributed by atoms with Crippen LogP contribution >= 0.6 is 0 Å². The van der Waals surface area contributed by atoms with Crippen molar-refractivity contribution in [3.05, 3.63) is 23.8 Å². The molecule has 4 rings (SSSR count). The monoisotopic (exact) mass is 500 g/mol. The molecule has 198 valence electrons. The van der Waals surface area contributed by atoms with E-state index in [0.717, 1.165) is 58.4 Å². The maximum atomic E-state index is 13.3. The number of methoxy groups -OCH3 is 1. The molecule has 0 bridgehead atoms. The average molecular weight is 501 g/mol. The van der Waals surface area contributed by atoms with Gasteiger partial charge in [0, 0.05) is 44.7 Å². The van der Waals surface area contributed by atoms with Gasteiger partial charge >= 0.3 is 6.03 Å². The summed E-state index contributed by atoms with van der Waals surface area (Å²) in [5.74, 6) is 0.808. The lowest BCUT2D eigenvalue weighted by Gasteiger charge is -2.36. The van der Waals surface area contributed by atoms with Crippen LogP contribution in [0.1, 0.15) is 62.7 Å². The van der Waals surface area contributed by atoms with Crippen molar-refractivity contribution in [1.82, 2.24) is 15.1 Å². The van der Waals surface area contributed by atoms with Crippen LogP contribution < -0.4 is 15.0 Å². The lowest BCUT2D eigenvalue weighted by molar-refractivity contribution is -0.120. The van der Waals surface area contributed by atoms with E-state index in [0.29, 0.717) is 35.1 Å². The second kappa shape index (κ2) is 12.1. The van der Waals surface area contributed by atoms with Gasteiger partial charge in [0.2, 0.25) is 5.91 Å². The minimum atomic E-state index is -0.494. The van der Waals surface area contributed by atoms with Gasteiger partial charge in [0.25, 0.3) is 5.91 Å². The van der Waals surface area contributed by atoms with Crippen LogP contribution in [0.3, 0.4) is 0 Å². The molecule has 0 spiro atoms. The van der Waals surface area contributed by atoms with Crippen molar-refractivity contribution in [3.8, 4) is 5.75 Å². The molecule has 1 N–H and O–H groups in total. The van der Waals surface area contributed by atoms with Crippen LogP contribution in [-0.4, -0.2) is 86.2 Å². The van der Waals surface area contributed by atoms with Crippen LogP contribution in [0.2, 0.25) is 0 Å². The van der Waals surface area contributed by atoms with Gasteiger partial charge in [0.15, 0.2) is 0 Å². The number of anilines is 1. The first-order chi connectivity index (χ1) is 17.3. The fraction of sp³-hybridized carbons (Fsp3) is 0.667. The highest BCUT2D eigenvalue weighted by Gasteiger charge is 2.29. The van der Waals surface area contributed by atoms with Gasteiger partial charge in [-0.05, 0) is 76.6 Å². The SMILES string of the molecule is COc1ccc(C(=O)N2CCC(CCN3CCC(OC(C)C)CC3)CC2)cc1N1CCC(=O)NC1=O. The van der Waals surface area contributed by atoms with Gasteiger partial charge in [-0.3, -0.25) is 19.8 Å². The molecule has 3 aliphatic rings. The lowest BCUT2D eigenvalue weighted by atomic mass is 9.92. The lowest BCUT2D eigenvalue weighted by Crippen LogP contribution is -2.49. The number of carbonyl (C=O) groups is 3. The fourth-order valence-corrected chi connectivity index (χ4v) is 5.45. The number of likely N-dealkylation sites (tertiary alicyclic amines) is 2. The minimum absolute atomic E-state index is 0.0296. The number of hydrogen-bond donors (Lipinski definition) is 1. The normalized spacial score (nSPS) is 20.7. The Kier molecular flexibility index (Phi) is 8.85. The standard InChI is InChI=1S/C27H40N4O5/c1-19(2)36-22-9-13-29(14-10-22)12-6-20-7-15-30(16-8-20)26(33)21-4-5-24(35-3)23(18-21)31-17-11-25(32)28-27(31)34/h4-5,18-20,22H,6-17H2,1-3H3,(H,28,32,34). The summed E-state index contributed by atoms with van der Waals surface area (Å²) in [6, 6.07) is 4.67. The number of rotatable bonds is 8. The molecule has 0 saturated carbocycles. The summed E-state index contributed by atoms with van der Waals surface area (Å²) < 4.78 is 11.4. The number of hydrogen-bond acceptors (Lipinski definition) is 6. The fourth-order valence-electron chi connectivity index (χ4n) is 5.45. The van der Waals surface area contributed by atoms with Crippen LogP contribution in [0.4, 0.5) is 10.5 Å². The molecule has 0 atom stereocenters. The maximum Gasteiger partial charge on any atom is 0.328 e. The zero-order valence-corrected chi connectivity index (χ0v) is 21.8. The molecule has 0 aromatic heterocycles.